The number of piperidine rings is 1. The molecular weight excluding hydrogens is 413 g/mol. The maximum Gasteiger partial charge on any atom is 0.261 e. The van der Waals surface area contributed by atoms with Crippen molar-refractivity contribution < 1.29 is 4.39 Å². The van der Waals surface area contributed by atoms with Crippen molar-refractivity contribution in [3.8, 4) is 0 Å². The Morgan fingerprint density at radius 1 is 1.21 bits per heavy atom. The summed E-state index contributed by atoms with van der Waals surface area (Å²) in [7, 11) is 0. The minimum atomic E-state index is -0.228. The first-order valence-electron chi connectivity index (χ1n) is 12.5. The molecule has 0 bridgehead atoms. The van der Waals surface area contributed by atoms with Gasteiger partial charge in [-0.25, -0.2) is 9.37 Å². The van der Waals surface area contributed by atoms with Gasteiger partial charge >= 0.3 is 0 Å². The first-order valence-corrected chi connectivity index (χ1v) is 12.5. The summed E-state index contributed by atoms with van der Waals surface area (Å²) < 4.78 is 15.7. The molecule has 2 atom stereocenters. The summed E-state index contributed by atoms with van der Waals surface area (Å²) in [5.74, 6) is 1.55. The normalized spacial score (nSPS) is 21.4. The van der Waals surface area contributed by atoms with Crippen molar-refractivity contribution in [2.24, 2.45) is 11.8 Å². The van der Waals surface area contributed by atoms with Crippen LogP contribution in [-0.2, 0) is 13.0 Å². The molecule has 178 valence electrons. The smallest absolute Gasteiger partial charge is 0.261 e. The second-order valence-electron chi connectivity index (χ2n) is 10.7. The monoisotopic (exact) mass is 451 g/mol. The number of rotatable bonds is 5. The molecule has 2 heterocycles. The predicted molar refractivity (Wildman–Crippen MR) is 134 cm³/mol. The number of benzene rings is 1. The molecule has 0 radical (unpaired) electrons. The number of hydrogen-bond acceptors (Lipinski definition) is 3. The Morgan fingerprint density at radius 3 is 2.64 bits per heavy atom. The lowest BCUT2D eigenvalue weighted by Crippen LogP contribution is -2.43. The second kappa shape index (κ2) is 9.54. The van der Waals surface area contributed by atoms with E-state index >= 15 is 0 Å². The van der Waals surface area contributed by atoms with Gasteiger partial charge in [0.2, 0.25) is 0 Å². The van der Waals surface area contributed by atoms with E-state index < -0.39 is 0 Å². The van der Waals surface area contributed by atoms with Gasteiger partial charge in [0, 0.05) is 25.0 Å². The molecule has 1 aromatic heterocycles. The molecule has 33 heavy (non-hydrogen) atoms. The van der Waals surface area contributed by atoms with E-state index in [1.807, 2.05) is 23.6 Å². The SMILES string of the molecule is Cc1cc(F)ccc1C1=Cc2c(nc(C(C)C)n(CC3CCCN(C(C)C)C3)c2=O)CC1C. The Kier molecular flexibility index (Phi) is 6.90. The molecule has 0 spiro atoms. The standard InChI is InChI=1S/C28H38FN3O/c1-17(2)27-30-26-13-20(6)24(23-10-9-22(29)12-19(23)5)14-25(26)28(33)32(27)16-21-8-7-11-31(15-21)18(3)4/h9-10,12,14,17-18,20-21H,7-8,11,13,15-16H2,1-6H3. The fourth-order valence-corrected chi connectivity index (χ4v) is 5.52. The zero-order chi connectivity index (χ0) is 23.9. The highest BCUT2D eigenvalue weighted by molar-refractivity contribution is 5.86. The molecule has 4 rings (SSSR count). The Balaban J connectivity index is 1.76. The van der Waals surface area contributed by atoms with Crippen molar-refractivity contribution in [1.82, 2.24) is 14.5 Å². The largest absolute Gasteiger partial charge is 0.301 e. The number of aromatic nitrogens is 2. The second-order valence-corrected chi connectivity index (χ2v) is 10.7. The van der Waals surface area contributed by atoms with E-state index in [2.05, 4.69) is 39.5 Å². The first kappa shape index (κ1) is 23.9. The molecule has 1 saturated heterocycles. The highest BCUT2D eigenvalue weighted by atomic mass is 19.1. The van der Waals surface area contributed by atoms with Gasteiger partial charge in [-0.1, -0.05) is 26.8 Å². The minimum Gasteiger partial charge on any atom is -0.301 e. The third kappa shape index (κ3) is 4.84. The van der Waals surface area contributed by atoms with Crippen molar-refractivity contribution in [2.75, 3.05) is 13.1 Å². The van der Waals surface area contributed by atoms with Gasteiger partial charge in [0.25, 0.3) is 5.56 Å². The van der Waals surface area contributed by atoms with Crippen LogP contribution >= 0.6 is 0 Å². The molecule has 0 saturated carbocycles. The molecule has 0 N–H and O–H groups in total. The van der Waals surface area contributed by atoms with Crippen LogP contribution in [0.4, 0.5) is 4.39 Å². The lowest BCUT2D eigenvalue weighted by Gasteiger charge is -2.36. The van der Waals surface area contributed by atoms with Gasteiger partial charge in [-0.2, -0.15) is 0 Å². The van der Waals surface area contributed by atoms with Crippen molar-refractivity contribution in [3.05, 3.63) is 62.6 Å². The zero-order valence-electron chi connectivity index (χ0n) is 21.0. The number of fused-ring (bicyclic) bond motifs is 1. The number of likely N-dealkylation sites (tertiary alicyclic amines) is 1. The van der Waals surface area contributed by atoms with E-state index in [0.717, 1.165) is 60.7 Å². The fourth-order valence-electron chi connectivity index (χ4n) is 5.52. The first-order chi connectivity index (χ1) is 15.7. The van der Waals surface area contributed by atoms with Gasteiger partial charge in [-0.15, -0.1) is 0 Å². The molecule has 5 heteroatoms. The highest BCUT2D eigenvalue weighted by Crippen LogP contribution is 2.35. The van der Waals surface area contributed by atoms with Gasteiger partial charge in [-0.3, -0.25) is 9.36 Å². The average Bonchev–Trinajstić information content (AvgIpc) is 2.76. The summed E-state index contributed by atoms with van der Waals surface area (Å²) >= 11 is 0. The maximum absolute atomic E-state index is 13.9. The number of nitrogens with zero attached hydrogens (tertiary/aromatic N) is 3. The van der Waals surface area contributed by atoms with Crippen molar-refractivity contribution in [2.45, 2.75) is 79.3 Å². The molecular formula is C28H38FN3O. The van der Waals surface area contributed by atoms with Crippen LogP contribution in [0, 0.1) is 24.6 Å². The van der Waals surface area contributed by atoms with Crippen LogP contribution in [-0.4, -0.2) is 33.6 Å². The average molecular weight is 452 g/mol. The molecule has 2 aliphatic rings. The minimum absolute atomic E-state index is 0.0783. The van der Waals surface area contributed by atoms with Crippen molar-refractivity contribution >= 4 is 11.6 Å². The van der Waals surface area contributed by atoms with Gasteiger partial charge in [0.05, 0.1) is 11.3 Å². The van der Waals surface area contributed by atoms with Gasteiger partial charge < -0.3 is 4.90 Å². The quantitative estimate of drug-likeness (QED) is 0.588. The van der Waals surface area contributed by atoms with E-state index in [-0.39, 0.29) is 23.2 Å². The van der Waals surface area contributed by atoms with Crippen LogP contribution in [0.2, 0.25) is 0 Å². The van der Waals surface area contributed by atoms with E-state index in [9.17, 15) is 9.18 Å². The Bertz CT molecular complexity index is 1110. The summed E-state index contributed by atoms with van der Waals surface area (Å²) in [6, 6.07) is 5.45. The number of allylic oxidation sites excluding steroid dienone is 1. The van der Waals surface area contributed by atoms with Crippen LogP contribution in [0.25, 0.3) is 11.6 Å². The van der Waals surface area contributed by atoms with Crippen LogP contribution in [0.5, 0.6) is 0 Å². The van der Waals surface area contributed by atoms with E-state index in [4.69, 9.17) is 4.98 Å². The fraction of sp³-hybridized carbons (Fsp3) is 0.571. The van der Waals surface area contributed by atoms with Crippen LogP contribution < -0.4 is 5.56 Å². The zero-order valence-corrected chi connectivity index (χ0v) is 21.0. The maximum atomic E-state index is 13.9. The van der Waals surface area contributed by atoms with Crippen LogP contribution in [0.1, 0.15) is 81.6 Å². The van der Waals surface area contributed by atoms with Crippen LogP contribution in [0.3, 0.4) is 0 Å². The Labute approximate surface area is 197 Å². The summed E-state index contributed by atoms with van der Waals surface area (Å²) in [6.07, 6.45) is 5.09. The number of aryl methyl sites for hydroxylation is 1. The van der Waals surface area contributed by atoms with E-state index in [0.29, 0.717) is 17.5 Å². The van der Waals surface area contributed by atoms with Gasteiger partial charge in [0.1, 0.15) is 11.6 Å². The number of halogens is 1. The Hall–Kier alpha value is -2.27. The van der Waals surface area contributed by atoms with Crippen molar-refractivity contribution in [1.29, 1.82) is 0 Å². The summed E-state index contributed by atoms with van der Waals surface area (Å²) in [5.41, 5.74) is 4.73. The van der Waals surface area contributed by atoms with Gasteiger partial charge in [0.15, 0.2) is 0 Å². The van der Waals surface area contributed by atoms with E-state index in [1.165, 1.54) is 12.5 Å². The van der Waals surface area contributed by atoms with Crippen molar-refractivity contribution in [3.63, 3.8) is 0 Å². The third-order valence-electron chi connectivity index (χ3n) is 7.38. The molecule has 1 aliphatic carbocycles. The molecule has 4 nitrogen and oxygen atoms in total. The number of hydrogen-bond donors (Lipinski definition) is 0. The summed E-state index contributed by atoms with van der Waals surface area (Å²) in [4.78, 5) is 21.4. The predicted octanol–water partition coefficient (Wildman–Crippen LogP) is 5.67. The molecule has 2 aromatic rings. The lowest BCUT2D eigenvalue weighted by molar-refractivity contribution is 0.129. The molecule has 0 amide bonds. The molecule has 1 aromatic carbocycles. The lowest BCUT2D eigenvalue weighted by atomic mass is 9.82. The molecule has 1 aliphatic heterocycles. The van der Waals surface area contributed by atoms with Crippen LogP contribution in [0.15, 0.2) is 23.0 Å². The highest BCUT2D eigenvalue weighted by Gasteiger charge is 2.28. The Morgan fingerprint density at radius 2 is 1.97 bits per heavy atom. The third-order valence-corrected chi connectivity index (χ3v) is 7.38. The topological polar surface area (TPSA) is 38.1 Å². The van der Waals surface area contributed by atoms with Gasteiger partial charge in [-0.05, 0) is 93.3 Å². The summed E-state index contributed by atoms with van der Waals surface area (Å²) in [6.45, 7) is 15.8. The molecule has 1 fully saturated rings. The molecule has 2 unspecified atom stereocenters. The van der Waals surface area contributed by atoms with E-state index in [1.54, 1.807) is 6.07 Å². The summed E-state index contributed by atoms with van der Waals surface area (Å²) in [5, 5.41) is 0.